The molecule has 0 aliphatic heterocycles. The van der Waals surface area contributed by atoms with Gasteiger partial charge in [-0.15, -0.1) is 0 Å². The van der Waals surface area contributed by atoms with Gasteiger partial charge in [0.15, 0.2) is 0 Å². The lowest BCUT2D eigenvalue weighted by atomic mass is 10.2. The molecule has 1 heterocycles. The van der Waals surface area contributed by atoms with Crippen molar-refractivity contribution in [3.05, 3.63) is 30.2 Å². The number of nitrogens with one attached hydrogen (secondary N) is 1. The predicted octanol–water partition coefficient (Wildman–Crippen LogP) is 2.66. The Morgan fingerprint density at radius 2 is 2.32 bits per heavy atom. The van der Waals surface area contributed by atoms with Gasteiger partial charge in [-0.25, -0.2) is 0 Å². The quantitative estimate of drug-likeness (QED) is 0.796. The van der Waals surface area contributed by atoms with Crippen LogP contribution in [0.5, 0.6) is 0 Å². The zero-order valence-corrected chi connectivity index (χ0v) is 12.5. The van der Waals surface area contributed by atoms with Gasteiger partial charge in [-0.1, -0.05) is 17.3 Å². The van der Waals surface area contributed by atoms with Crippen molar-refractivity contribution in [2.24, 2.45) is 5.92 Å². The maximum absolute atomic E-state index is 11.8. The largest absolute Gasteiger partial charge is 0.381 e. The highest BCUT2D eigenvalue weighted by Crippen LogP contribution is 2.30. The van der Waals surface area contributed by atoms with Gasteiger partial charge in [0.05, 0.1) is 13.0 Å². The van der Waals surface area contributed by atoms with Crippen molar-refractivity contribution in [1.29, 1.82) is 0 Å². The van der Waals surface area contributed by atoms with Gasteiger partial charge in [0.2, 0.25) is 17.6 Å². The minimum atomic E-state index is 0.0858. The van der Waals surface area contributed by atoms with Crippen molar-refractivity contribution in [3.63, 3.8) is 0 Å². The third-order valence-electron chi connectivity index (χ3n) is 3.47. The van der Waals surface area contributed by atoms with Crippen LogP contribution >= 0.6 is 0 Å². The molecular formula is C16H19N3O3. The summed E-state index contributed by atoms with van der Waals surface area (Å²) in [5.74, 6) is 1.34. The van der Waals surface area contributed by atoms with E-state index in [0.29, 0.717) is 31.3 Å². The molecule has 0 spiro atoms. The molecule has 0 saturated heterocycles. The average molecular weight is 301 g/mol. The summed E-state index contributed by atoms with van der Waals surface area (Å²) in [7, 11) is 0. The Labute approximate surface area is 128 Å². The van der Waals surface area contributed by atoms with Gasteiger partial charge in [-0.2, -0.15) is 4.98 Å². The number of carbonyl (C=O) groups is 1. The first-order valence-corrected chi connectivity index (χ1v) is 7.58. The monoisotopic (exact) mass is 301 g/mol. The van der Waals surface area contributed by atoms with E-state index in [0.717, 1.165) is 24.1 Å². The molecule has 0 bridgehead atoms. The van der Waals surface area contributed by atoms with Gasteiger partial charge in [0.25, 0.3) is 0 Å². The molecule has 1 saturated carbocycles. The van der Waals surface area contributed by atoms with Crippen LogP contribution in [-0.4, -0.2) is 29.3 Å². The van der Waals surface area contributed by atoms with E-state index >= 15 is 0 Å². The number of hydrogen-bond donors (Lipinski definition) is 1. The van der Waals surface area contributed by atoms with Gasteiger partial charge in [-0.3, -0.25) is 4.79 Å². The first-order valence-electron chi connectivity index (χ1n) is 7.58. The fourth-order valence-corrected chi connectivity index (χ4v) is 2.10. The van der Waals surface area contributed by atoms with Crippen LogP contribution < -0.4 is 5.32 Å². The van der Waals surface area contributed by atoms with Crippen molar-refractivity contribution in [3.8, 4) is 11.4 Å². The second-order valence-electron chi connectivity index (χ2n) is 5.30. The topological polar surface area (TPSA) is 77.2 Å². The van der Waals surface area contributed by atoms with Gasteiger partial charge in [-0.05, 0) is 31.9 Å². The normalized spacial score (nSPS) is 14.0. The molecule has 3 rings (SSSR count). The fraction of sp³-hybridized carbons (Fsp3) is 0.438. The maximum Gasteiger partial charge on any atom is 0.229 e. The van der Waals surface area contributed by atoms with E-state index in [2.05, 4.69) is 15.5 Å². The van der Waals surface area contributed by atoms with Crippen molar-refractivity contribution < 1.29 is 14.1 Å². The average Bonchev–Trinajstić information content (AvgIpc) is 3.27. The molecular weight excluding hydrogens is 282 g/mol. The molecule has 0 radical (unpaired) electrons. The molecule has 1 aliphatic rings. The van der Waals surface area contributed by atoms with Crippen molar-refractivity contribution in [2.45, 2.75) is 26.2 Å². The van der Waals surface area contributed by atoms with Gasteiger partial charge in [0, 0.05) is 23.8 Å². The third kappa shape index (κ3) is 3.71. The van der Waals surface area contributed by atoms with Gasteiger partial charge >= 0.3 is 0 Å². The maximum atomic E-state index is 11.8. The number of hydrogen-bond acceptors (Lipinski definition) is 5. The molecule has 1 N–H and O–H groups in total. The smallest absolute Gasteiger partial charge is 0.229 e. The molecule has 2 aromatic rings. The van der Waals surface area contributed by atoms with Crippen LogP contribution in [0.3, 0.4) is 0 Å². The van der Waals surface area contributed by atoms with E-state index < -0.39 is 0 Å². The Balaban J connectivity index is 1.67. The van der Waals surface area contributed by atoms with Crippen LogP contribution in [0.1, 0.15) is 25.7 Å². The minimum absolute atomic E-state index is 0.0858. The van der Waals surface area contributed by atoms with E-state index in [4.69, 9.17) is 9.26 Å². The van der Waals surface area contributed by atoms with Crippen LogP contribution in [0.15, 0.2) is 28.8 Å². The molecule has 1 aromatic heterocycles. The van der Waals surface area contributed by atoms with Crippen molar-refractivity contribution in [1.82, 2.24) is 10.1 Å². The molecule has 1 fully saturated rings. The van der Waals surface area contributed by atoms with E-state index in [-0.39, 0.29) is 11.8 Å². The number of amides is 1. The summed E-state index contributed by atoms with van der Waals surface area (Å²) in [4.78, 5) is 16.1. The van der Waals surface area contributed by atoms with Crippen LogP contribution in [0.2, 0.25) is 0 Å². The highest BCUT2D eigenvalue weighted by atomic mass is 16.5. The third-order valence-corrected chi connectivity index (χ3v) is 3.47. The first kappa shape index (κ1) is 14.7. The van der Waals surface area contributed by atoms with Gasteiger partial charge in [0.1, 0.15) is 0 Å². The summed E-state index contributed by atoms with van der Waals surface area (Å²) in [5, 5.41) is 6.90. The predicted molar refractivity (Wildman–Crippen MR) is 81.3 cm³/mol. The number of benzene rings is 1. The van der Waals surface area contributed by atoms with Crippen LogP contribution in [0.4, 0.5) is 5.69 Å². The molecule has 0 unspecified atom stereocenters. The summed E-state index contributed by atoms with van der Waals surface area (Å²) in [6, 6.07) is 7.48. The van der Waals surface area contributed by atoms with E-state index in [9.17, 15) is 4.79 Å². The number of aromatic nitrogens is 2. The highest BCUT2D eigenvalue weighted by Gasteiger charge is 2.29. The lowest BCUT2D eigenvalue weighted by Crippen LogP contribution is -2.13. The Bertz CT molecular complexity index is 650. The van der Waals surface area contributed by atoms with Crippen LogP contribution in [0, 0.1) is 5.92 Å². The molecule has 1 aromatic carbocycles. The minimum Gasteiger partial charge on any atom is -0.381 e. The molecule has 0 atom stereocenters. The first-order chi connectivity index (χ1) is 10.8. The lowest BCUT2D eigenvalue weighted by Gasteiger charge is -2.04. The molecule has 116 valence electrons. The fourth-order valence-electron chi connectivity index (χ4n) is 2.10. The molecule has 6 nitrogen and oxygen atoms in total. The molecule has 6 heteroatoms. The van der Waals surface area contributed by atoms with Gasteiger partial charge < -0.3 is 14.6 Å². The van der Waals surface area contributed by atoms with Crippen LogP contribution in [0.25, 0.3) is 11.4 Å². The lowest BCUT2D eigenvalue weighted by molar-refractivity contribution is -0.117. The second-order valence-corrected chi connectivity index (χ2v) is 5.30. The molecule has 1 amide bonds. The van der Waals surface area contributed by atoms with E-state index in [1.807, 2.05) is 31.2 Å². The zero-order chi connectivity index (χ0) is 15.4. The number of ether oxygens (including phenoxy) is 1. The number of rotatable bonds is 7. The van der Waals surface area contributed by atoms with Crippen molar-refractivity contribution >= 4 is 11.6 Å². The Hall–Kier alpha value is -2.21. The molecule has 22 heavy (non-hydrogen) atoms. The highest BCUT2D eigenvalue weighted by molar-refractivity contribution is 5.94. The Morgan fingerprint density at radius 3 is 3.09 bits per heavy atom. The Kier molecular flexibility index (Phi) is 4.48. The SMILES string of the molecule is CCOCCc1nc(-c2cccc(NC(=O)C3CC3)c2)no1. The molecule has 1 aliphatic carbocycles. The van der Waals surface area contributed by atoms with Crippen LogP contribution in [-0.2, 0) is 16.0 Å². The number of nitrogens with zero attached hydrogens (tertiary/aromatic N) is 2. The zero-order valence-electron chi connectivity index (χ0n) is 12.5. The number of carbonyl (C=O) groups excluding carboxylic acids is 1. The Morgan fingerprint density at radius 1 is 1.45 bits per heavy atom. The second kappa shape index (κ2) is 6.70. The van der Waals surface area contributed by atoms with E-state index in [1.165, 1.54) is 0 Å². The standard InChI is InChI=1S/C16H19N3O3/c1-2-21-9-8-14-18-15(19-22-14)12-4-3-5-13(10-12)17-16(20)11-6-7-11/h3-5,10-11H,2,6-9H2,1H3,(H,17,20). The summed E-state index contributed by atoms with van der Waals surface area (Å²) in [6.45, 7) is 3.18. The number of anilines is 1. The summed E-state index contributed by atoms with van der Waals surface area (Å²) < 4.78 is 10.5. The van der Waals surface area contributed by atoms with E-state index in [1.54, 1.807) is 0 Å². The van der Waals surface area contributed by atoms with Crippen molar-refractivity contribution in [2.75, 3.05) is 18.5 Å². The summed E-state index contributed by atoms with van der Waals surface area (Å²) in [5.41, 5.74) is 1.58. The summed E-state index contributed by atoms with van der Waals surface area (Å²) >= 11 is 0. The summed E-state index contributed by atoms with van der Waals surface area (Å²) in [6.07, 6.45) is 2.57.